The van der Waals surface area contributed by atoms with E-state index in [0.717, 1.165) is 36.7 Å². The van der Waals surface area contributed by atoms with Gasteiger partial charge < -0.3 is 10.2 Å². The van der Waals surface area contributed by atoms with Gasteiger partial charge in [-0.05, 0) is 25.5 Å². The molecule has 0 saturated heterocycles. The molecule has 1 aliphatic heterocycles. The smallest absolute Gasteiger partial charge is 0.229 e. The third-order valence-electron chi connectivity index (χ3n) is 3.25. The highest BCUT2D eigenvalue weighted by Crippen LogP contribution is 2.19. The van der Waals surface area contributed by atoms with Crippen molar-refractivity contribution in [2.24, 2.45) is 0 Å². The van der Waals surface area contributed by atoms with E-state index in [2.05, 4.69) is 32.3 Å². The number of rotatable bonds is 3. The Balaban J connectivity index is 1.84. The largest absolute Gasteiger partial charge is 0.352 e. The standard InChI is InChI=1S/C16H18N4/c1-13-12-15(20-10-6-3-7-11-20)19-16(17-13)18-14-8-4-2-5-9-14/h2-6,8-9,12H,7,10-11H2,1H3,(H,17,18,19). The number of para-hydroxylation sites is 1. The Morgan fingerprint density at radius 1 is 1.10 bits per heavy atom. The summed E-state index contributed by atoms with van der Waals surface area (Å²) in [4.78, 5) is 11.3. The van der Waals surface area contributed by atoms with Crippen molar-refractivity contribution in [3.63, 3.8) is 0 Å². The summed E-state index contributed by atoms with van der Waals surface area (Å²) >= 11 is 0. The van der Waals surface area contributed by atoms with Crippen molar-refractivity contribution in [3.8, 4) is 0 Å². The van der Waals surface area contributed by atoms with Crippen LogP contribution in [0.3, 0.4) is 0 Å². The van der Waals surface area contributed by atoms with E-state index in [1.165, 1.54) is 0 Å². The van der Waals surface area contributed by atoms with Crippen LogP contribution in [-0.2, 0) is 0 Å². The van der Waals surface area contributed by atoms with E-state index in [-0.39, 0.29) is 0 Å². The van der Waals surface area contributed by atoms with Gasteiger partial charge in [-0.3, -0.25) is 0 Å². The number of hydrogen-bond acceptors (Lipinski definition) is 4. The summed E-state index contributed by atoms with van der Waals surface area (Å²) in [5.74, 6) is 1.64. The molecule has 0 fully saturated rings. The second-order valence-corrected chi connectivity index (χ2v) is 4.89. The van der Waals surface area contributed by atoms with E-state index in [4.69, 9.17) is 0 Å². The fourth-order valence-electron chi connectivity index (χ4n) is 2.27. The number of nitrogens with zero attached hydrogens (tertiary/aromatic N) is 3. The van der Waals surface area contributed by atoms with Crippen molar-refractivity contribution in [3.05, 3.63) is 54.2 Å². The molecule has 2 heterocycles. The lowest BCUT2D eigenvalue weighted by Crippen LogP contribution is -2.28. The van der Waals surface area contributed by atoms with E-state index < -0.39 is 0 Å². The number of aryl methyl sites for hydroxylation is 1. The fourth-order valence-corrected chi connectivity index (χ4v) is 2.27. The molecule has 3 rings (SSSR count). The third-order valence-corrected chi connectivity index (χ3v) is 3.25. The molecule has 0 atom stereocenters. The van der Waals surface area contributed by atoms with Crippen LogP contribution in [0, 0.1) is 6.92 Å². The first-order valence-corrected chi connectivity index (χ1v) is 6.89. The van der Waals surface area contributed by atoms with Crippen LogP contribution in [0.1, 0.15) is 12.1 Å². The monoisotopic (exact) mass is 266 g/mol. The third kappa shape index (κ3) is 2.96. The molecule has 1 aromatic heterocycles. The van der Waals surface area contributed by atoms with Crippen molar-refractivity contribution in [1.82, 2.24) is 9.97 Å². The molecule has 0 spiro atoms. The molecule has 0 bridgehead atoms. The highest BCUT2D eigenvalue weighted by molar-refractivity contribution is 5.55. The van der Waals surface area contributed by atoms with Gasteiger partial charge in [-0.15, -0.1) is 0 Å². The van der Waals surface area contributed by atoms with Crippen LogP contribution in [0.25, 0.3) is 0 Å². The molecule has 102 valence electrons. The van der Waals surface area contributed by atoms with E-state index in [1.807, 2.05) is 43.3 Å². The lowest BCUT2D eigenvalue weighted by atomic mass is 10.2. The summed E-state index contributed by atoms with van der Waals surface area (Å²) in [5, 5.41) is 3.26. The van der Waals surface area contributed by atoms with Gasteiger partial charge in [-0.25, -0.2) is 4.98 Å². The Kier molecular flexibility index (Phi) is 3.63. The van der Waals surface area contributed by atoms with Crippen LogP contribution in [0.5, 0.6) is 0 Å². The van der Waals surface area contributed by atoms with Gasteiger partial charge in [0, 0.05) is 30.5 Å². The van der Waals surface area contributed by atoms with Crippen molar-refractivity contribution < 1.29 is 0 Å². The fraction of sp³-hybridized carbons (Fsp3) is 0.250. The predicted molar refractivity (Wildman–Crippen MR) is 82.5 cm³/mol. The van der Waals surface area contributed by atoms with Gasteiger partial charge >= 0.3 is 0 Å². The van der Waals surface area contributed by atoms with Crippen molar-refractivity contribution >= 4 is 17.5 Å². The Labute approximate surface area is 119 Å². The lowest BCUT2D eigenvalue weighted by molar-refractivity contribution is 0.802. The van der Waals surface area contributed by atoms with Crippen molar-refractivity contribution in [2.45, 2.75) is 13.3 Å². The highest BCUT2D eigenvalue weighted by atomic mass is 15.2. The Morgan fingerprint density at radius 2 is 1.95 bits per heavy atom. The molecule has 0 radical (unpaired) electrons. The molecule has 0 saturated carbocycles. The molecule has 4 nitrogen and oxygen atoms in total. The summed E-state index contributed by atoms with van der Waals surface area (Å²) in [6.45, 7) is 3.93. The first-order chi connectivity index (χ1) is 9.81. The molecule has 20 heavy (non-hydrogen) atoms. The van der Waals surface area contributed by atoms with Crippen molar-refractivity contribution in [1.29, 1.82) is 0 Å². The minimum Gasteiger partial charge on any atom is -0.352 e. The van der Waals surface area contributed by atoms with Gasteiger partial charge in [-0.1, -0.05) is 30.4 Å². The zero-order chi connectivity index (χ0) is 13.8. The van der Waals surface area contributed by atoms with E-state index in [0.29, 0.717) is 5.95 Å². The molecular formula is C16H18N4. The summed E-state index contributed by atoms with van der Waals surface area (Å²) in [7, 11) is 0. The number of nitrogens with one attached hydrogen (secondary N) is 1. The minimum atomic E-state index is 0.653. The number of anilines is 3. The second kappa shape index (κ2) is 5.74. The summed E-state index contributed by atoms with van der Waals surface area (Å²) < 4.78 is 0. The normalized spacial score (nSPS) is 14.3. The molecule has 0 aliphatic carbocycles. The zero-order valence-electron chi connectivity index (χ0n) is 11.6. The van der Waals surface area contributed by atoms with Gasteiger partial charge in [-0.2, -0.15) is 4.98 Å². The maximum absolute atomic E-state index is 4.62. The van der Waals surface area contributed by atoms with E-state index >= 15 is 0 Å². The topological polar surface area (TPSA) is 41.1 Å². The van der Waals surface area contributed by atoms with Gasteiger partial charge in [0.1, 0.15) is 5.82 Å². The Hall–Kier alpha value is -2.36. The Bertz CT molecular complexity index is 607. The SMILES string of the molecule is Cc1cc(N2CC=CCC2)nc(Nc2ccccc2)n1. The predicted octanol–water partition coefficient (Wildman–Crippen LogP) is 3.29. The van der Waals surface area contributed by atoms with Gasteiger partial charge in [0.2, 0.25) is 5.95 Å². The number of aromatic nitrogens is 2. The number of hydrogen-bond donors (Lipinski definition) is 1. The average molecular weight is 266 g/mol. The highest BCUT2D eigenvalue weighted by Gasteiger charge is 2.11. The van der Waals surface area contributed by atoms with Crippen LogP contribution < -0.4 is 10.2 Å². The van der Waals surface area contributed by atoms with Gasteiger partial charge in [0.05, 0.1) is 0 Å². The van der Waals surface area contributed by atoms with Crippen LogP contribution >= 0.6 is 0 Å². The maximum Gasteiger partial charge on any atom is 0.229 e. The zero-order valence-corrected chi connectivity index (χ0v) is 11.6. The Morgan fingerprint density at radius 3 is 2.70 bits per heavy atom. The van der Waals surface area contributed by atoms with E-state index in [9.17, 15) is 0 Å². The quantitative estimate of drug-likeness (QED) is 0.865. The first kappa shape index (κ1) is 12.7. The van der Waals surface area contributed by atoms with Crippen LogP contribution in [0.2, 0.25) is 0 Å². The average Bonchev–Trinajstić information content (AvgIpc) is 2.49. The van der Waals surface area contributed by atoms with Crippen LogP contribution in [0.15, 0.2) is 48.6 Å². The molecule has 4 heteroatoms. The van der Waals surface area contributed by atoms with Gasteiger partial charge in [0.25, 0.3) is 0 Å². The lowest BCUT2D eigenvalue weighted by Gasteiger charge is -2.25. The molecule has 1 N–H and O–H groups in total. The first-order valence-electron chi connectivity index (χ1n) is 6.89. The molecular weight excluding hydrogens is 248 g/mol. The second-order valence-electron chi connectivity index (χ2n) is 4.89. The molecule has 0 amide bonds. The van der Waals surface area contributed by atoms with Crippen LogP contribution in [-0.4, -0.2) is 23.1 Å². The van der Waals surface area contributed by atoms with Crippen molar-refractivity contribution in [2.75, 3.05) is 23.3 Å². The molecule has 2 aromatic rings. The molecule has 0 unspecified atom stereocenters. The summed E-state index contributed by atoms with van der Waals surface area (Å²) in [6.07, 6.45) is 5.48. The van der Waals surface area contributed by atoms with E-state index in [1.54, 1.807) is 0 Å². The van der Waals surface area contributed by atoms with Gasteiger partial charge in [0.15, 0.2) is 0 Å². The minimum absolute atomic E-state index is 0.653. The summed E-state index contributed by atoms with van der Waals surface area (Å²) in [5.41, 5.74) is 1.98. The maximum atomic E-state index is 4.62. The molecule has 1 aliphatic rings. The van der Waals surface area contributed by atoms with Crippen LogP contribution in [0.4, 0.5) is 17.5 Å². The molecule has 1 aromatic carbocycles. The number of benzene rings is 1. The summed E-state index contributed by atoms with van der Waals surface area (Å²) in [6, 6.07) is 12.0.